The normalized spacial score (nSPS) is 11.3. The van der Waals surface area contributed by atoms with Gasteiger partial charge in [0.05, 0.1) is 7.11 Å². The first-order valence-corrected chi connectivity index (χ1v) is 9.21. The van der Waals surface area contributed by atoms with E-state index in [0.717, 1.165) is 11.1 Å². The molecule has 0 aliphatic carbocycles. The van der Waals surface area contributed by atoms with Crippen molar-refractivity contribution in [2.45, 2.75) is 19.1 Å². The Hall–Kier alpha value is -3.67. The molecule has 0 bridgehead atoms. The van der Waals surface area contributed by atoms with Crippen LogP contribution in [0.25, 0.3) is 0 Å². The van der Waals surface area contributed by atoms with Gasteiger partial charge in [0.15, 0.2) is 0 Å². The number of methoxy groups -OCH3 is 1. The summed E-state index contributed by atoms with van der Waals surface area (Å²) in [4.78, 5) is 28.6. The number of esters is 1. The van der Waals surface area contributed by atoms with Gasteiger partial charge in [0.2, 0.25) is 0 Å². The van der Waals surface area contributed by atoms with Gasteiger partial charge in [0, 0.05) is 12.6 Å². The molecular formula is C23H22N2O4. The Balaban J connectivity index is 1.67. The van der Waals surface area contributed by atoms with Crippen molar-refractivity contribution in [3.05, 3.63) is 95.8 Å². The van der Waals surface area contributed by atoms with E-state index in [4.69, 9.17) is 9.47 Å². The summed E-state index contributed by atoms with van der Waals surface area (Å²) < 4.78 is 10.7. The van der Waals surface area contributed by atoms with Gasteiger partial charge in [-0.15, -0.1) is 0 Å². The van der Waals surface area contributed by atoms with Crippen molar-refractivity contribution in [1.82, 2.24) is 10.3 Å². The van der Waals surface area contributed by atoms with Crippen LogP contribution in [0.4, 0.5) is 0 Å². The number of nitrogens with one attached hydrogen (secondary N) is 1. The zero-order valence-electron chi connectivity index (χ0n) is 16.1. The average molecular weight is 390 g/mol. The Morgan fingerprint density at radius 1 is 0.966 bits per heavy atom. The number of amides is 1. The molecule has 0 radical (unpaired) electrons. The monoisotopic (exact) mass is 390 g/mol. The molecule has 0 saturated carbocycles. The largest absolute Gasteiger partial charge is 0.489 e. The maximum Gasteiger partial charge on any atom is 0.328 e. The number of aromatic nitrogens is 1. The number of pyridine rings is 1. The van der Waals surface area contributed by atoms with Gasteiger partial charge in [0.1, 0.15) is 24.1 Å². The number of hydrogen-bond donors (Lipinski definition) is 1. The second-order valence-electron chi connectivity index (χ2n) is 6.39. The number of nitrogens with zero attached hydrogens (tertiary/aromatic N) is 1. The van der Waals surface area contributed by atoms with Crippen molar-refractivity contribution in [3.63, 3.8) is 0 Å². The number of carbonyl (C=O) groups is 2. The lowest BCUT2D eigenvalue weighted by molar-refractivity contribution is -0.142. The van der Waals surface area contributed by atoms with Crippen LogP contribution in [0.3, 0.4) is 0 Å². The number of rotatable bonds is 8. The third kappa shape index (κ3) is 5.90. The zero-order valence-corrected chi connectivity index (χ0v) is 16.1. The molecule has 0 aliphatic heterocycles. The van der Waals surface area contributed by atoms with Crippen LogP contribution in [-0.2, 0) is 22.6 Å². The van der Waals surface area contributed by atoms with E-state index in [-0.39, 0.29) is 12.1 Å². The van der Waals surface area contributed by atoms with Gasteiger partial charge in [-0.3, -0.25) is 9.78 Å². The highest BCUT2D eigenvalue weighted by atomic mass is 16.5. The van der Waals surface area contributed by atoms with Crippen LogP contribution in [0, 0.1) is 0 Å². The van der Waals surface area contributed by atoms with E-state index in [1.54, 1.807) is 18.2 Å². The Morgan fingerprint density at radius 3 is 2.45 bits per heavy atom. The van der Waals surface area contributed by atoms with Crippen LogP contribution in [0.1, 0.15) is 21.6 Å². The summed E-state index contributed by atoms with van der Waals surface area (Å²) in [6.07, 6.45) is 1.80. The number of hydrogen-bond acceptors (Lipinski definition) is 5. The van der Waals surface area contributed by atoms with E-state index >= 15 is 0 Å². The van der Waals surface area contributed by atoms with Crippen LogP contribution in [-0.4, -0.2) is 30.0 Å². The Labute approximate surface area is 169 Å². The summed E-state index contributed by atoms with van der Waals surface area (Å²) >= 11 is 0. The second-order valence-corrected chi connectivity index (χ2v) is 6.39. The van der Waals surface area contributed by atoms with E-state index in [9.17, 15) is 9.59 Å². The highest BCUT2D eigenvalue weighted by molar-refractivity contribution is 5.95. The minimum absolute atomic E-state index is 0.237. The second kappa shape index (κ2) is 10.0. The molecule has 0 saturated heterocycles. The summed E-state index contributed by atoms with van der Waals surface area (Å²) in [7, 11) is 1.29. The van der Waals surface area contributed by atoms with E-state index in [1.165, 1.54) is 13.3 Å². The Bertz CT molecular complexity index is 945. The summed E-state index contributed by atoms with van der Waals surface area (Å²) in [5.41, 5.74) is 2.14. The van der Waals surface area contributed by atoms with Gasteiger partial charge < -0.3 is 14.8 Å². The van der Waals surface area contributed by atoms with Gasteiger partial charge in [0.25, 0.3) is 5.91 Å². The van der Waals surface area contributed by atoms with E-state index in [0.29, 0.717) is 12.4 Å². The van der Waals surface area contributed by atoms with E-state index in [1.807, 2.05) is 54.6 Å². The van der Waals surface area contributed by atoms with Gasteiger partial charge in [-0.05, 0) is 35.4 Å². The number of carbonyl (C=O) groups excluding carboxylic acids is 2. The molecular weight excluding hydrogens is 368 g/mol. The molecule has 0 fully saturated rings. The van der Waals surface area contributed by atoms with Gasteiger partial charge in [-0.25, -0.2) is 4.79 Å². The molecule has 1 atom stereocenters. The predicted octanol–water partition coefficient (Wildman–Crippen LogP) is 3.17. The van der Waals surface area contributed by atoms with Crippen LogP contribution >= 0.6 is 0 Å². The smallest absolute Gasteiger partial charge is 0.328 e. The van der Waals surface area contributed by atoms with Crippen molar-refractivity contribution in [2.75, 3.05) is 7.11 Å². The molecule has 6 heteroatoms. The summed E-state index contributed by atoms with van der Waals surface area (Å²) in [6.45, 7) is 0.446. The lowest BCUT2D eigenvalue weighted by Crippen LogP contribution is -2.43. The fraction of sp³-hybridized carbons (Fsp3) is 0.174. The third-order valence-electron chi connectivity index (χ3n) is 4.28. The minimum Gasteiger partial charge on any atom is -0.489 e. The molecule has 29 heavy (non-hydrogen) atoms. The first kappa shape index (κ1) is 20.1. The molecule has 3 rings (SSSR count). The van der Waals surface area contributed by atoms with Crippen molar-refractivity contribution in [3.8, 4) is 5.75 Å². The quantitative estimate of drug-likeness (QED) is 0.598. The van der Waals surface area contributed by atoms with Crippen LogP contribution in [0.15, 0.2) is 79.0 Å². The third-order valence-corrected chi connectivity index (χ3v) is 4.28. The minimum atomic E-state index is -0.834. The predicted molar refractivity (Wildman–Crippen MR) is 108 cm³/mol. The molecule has 1 heterocycles. The first-order chi connectivity index (χ1) is 14.2. The van der Waals surface area contributed by atoms with Crippen molar-refractivity contribution in [2.24, 2.45) is 0 Å². The Kier molecular flexibility index (Phi) is 6.95. The van der Waals surface area contributed by atoms with Gasteiger partial charge >= 0.3 is 5.97 Å². The summed E-state index contributed by atoms with van der Waals surface area (Å²) in [5.74, 6) is -0.270. The molecule has 1 amide bonds. The van der Waals surface area contributed by atoms with Crippen LogP contribution in [0.5, 0.6) is 5.75 Å². The van der Waals surface area contributed by atoms with Crippen LogP contribution < -0.4 is 10.1 Å². The van der Waals surface area contributed by atoms with Crippen molar-refractivity contribution in [1.29, 1.82) is 0 Å². The maximum absolute atomic E-state index is 12.4. The molecule has 1 N–H and O–H groups in total. The zero-order chi connectivity index (χ0) is 20.5. The SMILES string of the molecule is COC(=O)[C@@H](Cc1cccc(OCc2ccccc2)c1)NC(=O)c1ccccn1. The molecule has 3 aromatic rings. The molecule has 0 aliphatic rings. The lowest BCUT2D eigenvalue weighted by atomic mass is 10.1. The van der Waals surface area contributed by atoms with Crippen LogP contribution in [0.2, 0.25) is 0 Å². The van der Waals surface area contributed by atoms with Gasteiger partial charge in [-0.2, -0.15) is 0 Å². The average Bonchev–Trinajstić information content (AvgIpc) is 2.78. The maximum atomic E-state index is 12.4. The van der Waals surface area contributed by atoms with Crippen molar-refractivity contribution < 1.29 is 19.1 Å². The fourth-order valence-corrected chi connectivity index (χ4v) is 2.80. The summed E-state index contributed by atoms with van der Waals surface area (Å²) in [6, 6.07) is 21.5. The molecule has 6 nitrogen and oxygen atoms in total. The number of ether oxygens (including phenoxy) is 2. The molecule has 1 aromatic heterocycles. The molecule has 2 aromatic carbocycles. The van der Waals surface area contributed by atoms with Crippen molar-refractivity contribution >= 4 is 11.9 Å². The lowest BCUT2D eigenvalue weighted by Gasteiger charge is -2.17. The van der Waals surface area contributed by atoms with E-state index < -0.39 is 17.9 Å². The standard InChI is InChI=1S/C23H22N2O4/c1-28-23(27)21(25-22(26)20-12-5-6-13-24-20)15-18-10-7-11-19(14-18)29-16-17-8-3-2-4-9-17/h2-14,21H,15-16H2,1H3,(H,25,26)/t21-/m1/s1. The fourth-order valence-electron chi connectivity index (χ4n) is 2.80. The molecule has 0 spiro atoms. The number of benzene rings is 2. The van der Waals surface area contributed by atoms with Gasteiger partial charge in [-0.1, -0.05) is 48.5 Å². The van der Waals surface area contributed by atoms with E-state index in [2.05, 4.69) is 10.3 Å². The highest BCUT2D eigenvalue weighted by Crippen LogP contribution is 2.17. The highest BCUT2D eigenvalue weighted by Gasteiger charge is 2.23. The summed E-state index contributed by atoms with van der Waals surface area (Å²) in [5, 5.41) is 2.69. The molecule has 0 unspecified atom stereocenters. The Morgan fingerprint density at radius 2 is 1.72 bits per heavy atom. The first-order valence-electron chi connectivity index (χ1n) is 9.21. The molecule has 148 valence electrons. The topological polar surface area (TPSA) is 77.5 Å².